The fraction of sp³-hybridized carbons (Fsp3) is 0.500. The van der Waals surface area contributed by atoms with E-state index >= 15 is 0 Å². The minimum absolute atomic E-state index is 0.534. The molecule has 0 aromatic rings. The maximum absolute atomic E-state index is 10.4. The molecule has 0 bridgehead atoms. The summed E-state index contributed by atoms with van der Waals surface area (Å²) < 4.78 is 0. The molecule has 0 aromatic heterocycles. The molecule has 0 radical (unpaired) electrons. The van der Waals surface area contributed by atoms with Crippen molar-refractivity contribution >= 4 is 12.2 Å². The van der Waals surface area contributed by atoms with Gasteiger partial charge in [0.2, 0.25) is 0 Å². The normalized spacial score (nSPS) is 26.3. The van der Waals surface area contributed by atoms with Gasteiger partial charge in [-0.1, -0.05) is 13.0 Å². The molecule has 3 heteroatoms. The Hall–Kier alpha value is -1.12. The molecule has 0 spiro atoms. The smallest absolute Gasteiger partial charge is 0.328 e. The predicted molar refractivity (Wildman–Crippen MR) is 42.9 cm³/mol. The minimum atomic E-state index is -0.833. The molecule has 0 amide bonds. The van der Waals surface area contributed by atoms with E-state index < -0.39 is 12.0 Å². The maximum atomic E-state index is 10.4. The standard InChI is InChI=1S/C8H11NO2/c1-2-3-6-4-7(8(10)11)9-5-6/h3,5,7H,2,4H2,1H3,(H,10,11). The van der Waals surface area contributed by atoms with Gasteiger partial charge in [0, 0.05) is 12.6 Å². The highest BCUT2D eigenvalue weighted by atomic mass is 16.4. The molecule has 1 aliphatic heterocycles. The van der Waals surface area contributed by atoms with Gasteiger partial charge in [0.05, 0.1) is 0 Å². The van der Waals surface area contributed by atoms with Crippen molar-refractivity contribution in [3.63, 3.8) is 0 Å². The molecule has 1 aliphatic rings. The zero-order valence-electron chi connectivity index (χ0n) is 6.45. The maximum Gasteiger partial charge on any atom is 0.328 e. The van der Waals surface area contributed by atoms with Crippen LogP contribution in [0.1, 0.15) is 19.8 Å². The number of aliphatic carboxylic acids is 1. The van der Waals surface area contributed by atoms with Crippen LogP contribution in [0.15, 0.2) is 16.6 Å². The molecule has 1 rings (SSSR count). The molecule has 1 N–H and O–H groups in total. The second-order valence-corrected chi connectivity index (χ2v) is 2.52. The Kier molecular flexibility index (Phi) is 2.41. The molecule has 0 saturated carbocycles. The van der Waals surface area contributed by atoms with Crippen LogP contribution in [0.4, 0.5) is 0 Å². The SMILES string of the molecule is CCC=C1C=NC(C(=O)O)C1. The lowest BCUT2D eigenvalue weighted by molar-refractivity contribution is -0.138. The van der Waals surface area contributed by atoms with Crippen molar-refractivity contribution in [2.45, 2.75) is 25.8 Å². The first kappa shape index (κ1) is 7.98. The van der Waals surface area contributed by atoms with E-state index in [2.05, 4.69) is 4.99 Å². The highest BCUT2D eigenvalue weighted by Crippen LogP contribution is 2.14. The van der Waals surface area contributed by atoms with Gasteiger partial charge in [0.15, 0.2) is 6.04 Å². The van der Waals surface area contributed by atoms with E-state index in [1.54, 1.807) is 6.21 Å². The van der Waals surface area contributed by atoms with Crippen LogP contribution >= 0.6 is 0 Å². The molecule has 11 heavy (non-hydrogen) atoms. The number of carboxylic acid groups (broad SMARTS) is 1. The Morgan fingerprint density at radius 1 is 2.00 bits per heavy atom. The summed E-state index contributed by atoms with van der Waals surface area (Å²) in [6, 6.07) is -0.534. The average Bonchev–Trinajstić information content (AvgIpc) is 2.37. The highest BCUT2D eigenvalue weighted by Gasteiger charge is 2.20. The quantitative estimate of drug-likeness (QED) is 0.649. The van der Waals surface area contributed by atoms with E-state index in [-0.39, 0.29) is 0 Å². The van der Waals surface area contributed by atoms with Crippen LogP contribution in [0.2, 0.25) is 0 Å². The summed E-state index contributed by atoms with van der Waals surface area (Å²) in [7, 11) is 0. The average molecular weight is 153 g/mol. The zero-order chi connectivity index (χ0) is 8.27. The Labute approximate surface area is 65.4 Å². The fourth-order valence-corrected chi connectivity index (χ4v) is 1.06. The molecule has 60 valence electrons. The Balaban J connectivity index is 2.56. The lowest BCUT2D eigenvalue weighted by Crippen LogP contribution is -2.14. The molecule has 0 aromatic carbocycles. The molecule has 0 fully saturated rings. The summed E-state index contributed by atoms with van der Waals surface area (Å²) >= 11 is 0. The van der Waals surface area contributed by atoms with Crippen molar-refractivity contribution in [2.75, 3.05) is 0 Å². The summed E-state index contributed by atoms with van der Waals surface area (Å²) in [5.74, 6) is -0.833. The second-order valence-electron chi connectivity index (χ2n) is 2.52. The van der Waals surface area contributed by atoms with E-state index in [0.717, 1.165) is 12.0 Å². The first-order chi connectivity index (χ1) is 5.24. The van der Waals surface area contributed by atoms with Gasteiger partial charge < -0.3 is 5.11 Å². The number of hydrogen-bond donors (Lipinski definition) is 1. The number of carbonyl (C=O) groups is 1. The van der Waals surface area contributed by atoms with Crippen molar-refractivity contribution < 1.29 is 9.90 Å². The van der Waals surface area contributed by atoms with E-state index in [0.29, 0.717) is 6.42 Å². The van der Waals surface area contributed by atoms with Crippen molar-refractivity contribution in [1.29, 1.82) is 0 Å². The fourth-order valence-electron chi connectivity index (χ4n) is 1.06. The number of rotatable bonds is 2. The van der Waals surface area contributed by atoms with Crippen LogP contribution in [0, 0.1) is 0 Å². The van der Waals surface area contributed by atoms with Crippen molar-refractivity contribution in [3.8, 4) is 0 Å². The van der Waals surface area contributed by atoms with E-state index in [1.807, 2.05) is 13.0 Å². The molecule has 3 nitrogen and oxygen atoms in total. The molecule has 0 aliphatic carbocycles. The summed E-state index contributed by atoms with van der Waals surface area (Å²) in [5.41, 5.74) is 1.04. The number of nitrogens with zero attached hydrogens (tertiary/aromatic N) is 1. The molecule has 1 unspecified atom stereocenters. The third-order valence-electron chi connectivity index (χ3n) is 1.60. The number of allylic oxidation sites excluding steroid dienone is 1. The zero-order valence-corrected chi connectivity index (χ0v) is 6.45. The van der Waals surface area contributed by atoms with E-state index in [1.165, 1.54) is 0 Å². The van der Waals surface area contributed by atoms with Crippen LogP contribution in [-0.4, -0.2) is 23.3 Å². The molecule has 1 heterocycles. The number of aliphatic imine (C=N–C) groups is 1. The summed E-state index contributed by atoms with van der Waals surface area (Å²) in [4.78, 5) is 14.3. The summed E-state index contributed by atoms with van der Waals surface area (Å²) in [6.07, 6.45) is 5.16. The molecular formula is C8H11NO2. The molecule has 0 saturated heterocycles. The Morgan fingerprint density at radius 3 is 3.18 bits per heavy atom. The molecular weight excluding hydrogens is 142 g/mol. The van der Waals surface area contributed by atoms with Gasteiger partial charge >= 0.3 is 5.97 Å². The lowest BCUT2D eigenvalue weighted by atomic mass is 10.1. The Morgan fingerprint density at radius 2 is 2.73 bits per heavy atom. The minimum Gasteiger partial charge on any atom is -0.480 e. The third-order valence-corrected chi connectivity index (χ3v) is 1.60. The number of hydrogen-bond acceptors (Lipinski definition) is 2. The molecule has 1 atom stereocenters. The first-order valence-electron chi connectivity index (χ1n) is 3.69. The number of carboxylic acids is 1. The Bertz CT molecular complexity index is 218. The first-order valence-corrected chi connectivity index (χ1v) is 3.69. The van der Waals surface area contributed by atoms with Gasteiger partial charge in [-0.15, -0.1) is 0 Å². The van der Waals surface area contributed by atoms with Gasteiger partial charge in [-0.2, -0.15) is 0 Å². The highest BCUT2D eigenvalue weighted by molar-refractivity contribution is 5.88. The van der Waals surface area contributed by atoms with Gasteiger partial charge in [-0.05, 0) is 12.0 Å². The van der Waals surface area contributed by atoms with Crippen molar-refractivity contribution in [3.05, 3.63) is 11.6 Å². The second kappa shape index (κ2) is 3.32. The van der Waals surface area contributed by atoms with Crippen molar-refractivity contribution in [2.24, 2.45) is 4.99 Å². The van der Waals surface area contributed by atoms with Crippen LogP contribution in [0.5, 0.6) is 0 Å². The van der Waals surface area contributed by atoms with Gasteiger partial charge in [-0.3, -0.25) is 4.99 Å². The van der Waals surface area contributed by atoms with E-state index in [9.17, 15) is 4.79 Å². The van der Waals surface area contributed by atoms with Crippen LogP contribution in [0.25, 0.3) is 0 Å². The lowest BCUT2D eigenvalue weighted by Gasteiger charge is -1.97. The summed E-state index contributed by atoms with van der Waals surface area (Å²) in [5, 5.41) is 8.56. The van der Waals surface area contributed by atoms with Gasteiger partial charge in [0.25, 0.3) is 0 Å². The van der Waals surface area contributed by atoms with Crippen molar-refractivity contribution in [1.82, 2.24) is 0 Å². The van der Waals surface area contributed by atoms with E-state index in [4.69, 9.17) is 5.11 Å². The van der Waals surface area contributed by atoms with Crippen LogP contribution in [-0.2, 0) is 4.79 Å². The third kappa shape index (κ3) is 1.90. The van der Waals surface area contributed by atoms with Crippen LogP contribution in [0.3, 0.4) is 0 Å². The van der Waals surface area contributed by atoms with Gasteiger partial charge in [0.1, 0.15) is 0 Å². The van der Waals surface area contributed by atoms with Crippen LogP contribution < -0.4 is 0 Å². The summed E-state index contributed by atoms with van der Waals surface area (Å²) in [6.45, 7) is 2.02. The monoisotopic (exact) mass is 153 g/mol. The topological polar surface area (TPSA) is 49.7 Å². The van der Waals surface area contributed by atoms with Gasteiger partial charge in [-0.25, -0.2) is 4.79 Å². The predicted octanol–water partition coefficient (Wildman–Crippen LogP) is 1.25. The largest absolute Gasteiger partial charge is 0.480 e.